The number of halogens is 3. The number of urea groups is 1. The molecule has 0 bridgehead atoms. The molecule has 1 saturated heterocycles. The largest absolute Gasteiger partial charge is 0.490 e. The summed E-state index contributed by atoms with van der Waals surface area (Å²) in [7, 11) is 2.07. The van der Waals surface area contributed by atoms with Crippen molar-refractivity contribution in [2.75, 3.05) is 26.7 Å². The van der Waals surface area contributed by atoms with Crippen molar-refractivity contribution in [2.45, 2.75) is 94.9 Å². The lowest BCUT2D eigenvalue weighted by Gasteiger charge is -2.32. The van der Waals surface area contributed by atoms with Crippen LogP contribution in [0.4, 0.5) is 18.0 Å². The maximum absolute atomic E-state index is 13.0. The van der Waals surface area contributed by atoms with E-state index in [0.29, 0.717) is 38.1 Å². The van der Waals surface area contributed by atoms with Crippen molar-refractivity contribution in [1.29, 1.82) is 0 Å². The zero-order valence-corrected chi connectivity index (χ0v) is 21.9. The van der Waals surface area contributed by atoms with Crippen LogP contribution in [-0.4, -0.2) is 90.0 Å². The lowest BCUT2D eigenvalue weighted by Crippen LogP contribution is -2.56. The average molecular weight is 554 g/mol. The first kappa shape index (κ1) is 33.4. The first-order chi connectivity index (χ1) is 17.8. The van der Waals surface area contributed by atoms with E-state index in [1.165, 1.54) is 6.42 Å². The molecule has 0 aromatic rings. The van der Waals surface area contributed by atoms with Crippen molar-refractivity contribution < 1.29 is 42.6 Å². The van der Waals surface area contributed by atoms with Gasteiger partial charge in [-0.05, 0) is 71.1 Å². The van der Waals surface area contributed by atoms with E-state index in [1.807, 2.05) is 0 Å². The quantitative estimate of drug-likeness (QED) is 0.211. The summed E-state index contributed by atoms with van der Waals surface area (Å²) in [5, 5.41) is 25.0. The van der Waals surface area contributed by atoms with E-state index < -0.39 is 36.2 Å². The monoisotopic (exact) mass is 553 g/mol. The van der Waals surface area contributed by atoms with Crippen LogP contribution >= 0.6 is 0 Å². The van der Waals surface area contributed by atoms with Crippen molar-refractivity contribution in [3.05, 3.63) is 0 Å². The minimum absolute atomic E-state index is 0.116. The van der Waals surface area contributed by atoms with Crippen LogP contribution in [0.15, 0.2) is 0 Å². The van der Waals surface area contributed by atoms with E-state index in [1.54, 1.807) is 0 Å². The SMILES string of the molecule is CN1CCC(NC(=O)[C@@H](CC2CCCCC2)NC(=O)N[C@@H](CCCCN)C(=O)O)CC1.O=C(O)C(F)(F)F. The number of carbonyl (C=O) groups excluding carboxylic acids is 2. The van der Waals surface area contributed by atoms with Gasteiger partial charge in [0, 0.05) is 6.04 Å². The Hall–Kier alpha value is -2.61. The molecule has 0 spiro atoms. The van der Waals surface area contributed by atoms with Gasteiger partial charge < -0.3 is 36.8 Å². The zero-order valence-electron chi connectivity index (χ0n) is 21.9. The number of nitrogens with two attached hydrogens (primary N) is 1. The minimum Gasteiger partial charge on any atom is -0.480 e. The van der Waals surface area contributed by atoms with Crippen molar-refractivity contribution in [3.8, 4) is 0 Å². The Balaban J connectivity index is 0.000000905. The smallest absolute Gasteiger partial charge is 0.480 e. The molecule has 38 heavy (non-hydrogen) atoms. The van der Waals surface area contributed by atoms with Gasteiger partial charge in [-0.3, -0.25) is 4.79 Å². The molecule has 220 valence electrons. The number of nitrogens with zero attached hydrogens (tertiary/aromatic N) is 1. The number of unbranched alkanes of at least 4 members (excludes halogenated alkanes) is 1. The maximum atomic E-state index is 13.0. The van der Waals surface area contributed by atoms with Crippen LogP contribution < -0.4 is 21.7 Å². The number of piperidine rings is 1. The summed E-state index contributed by atoms with van der Waals surface area (Å²) in [5.74, 6) is -3.59. The number of hydrogen-bond donors (Lipinski definition) is 6. The highest BCUT2D eigenvalue weighted by Gasteiger charge is 2.38. The summed E-state index contributed by atoms with van der Waals surface area (Å²) in [4.78, 5) is 48.3. The fourth-order valence-electron chi connectivity index (χ4n) is 4.55. The number of amides is 3. The Morgan fingerprint density at radius 3 is 2.00 bits per heavy atom. The van der Waals surface area contributed by atoms with Gasteiger partial charge in [0.05, 0.1) is 0 Å². The molecule has 2 aliphatic rings. The number of hydrogen-bond acceptors (Lipinski definition) is 6. The van der Waals surface area contributed by atoms with E-state index in [9.17, 15) is 32.7 Å². The number of carbonyl (C=O) groups is 4. The van der Waals surface area contributed by atoms with Crippen LogP contribution in [0.25, 0.3) is 0 Å². The van der Waals surface area contributed by atoms with Gasteiger partial charge in [0.1, 0.15) is 12.1 Å². The van der Waals surface area contributed by atoms with Gasteiger partial charge in [-0.15, -0.1) is 0 Å². The molecule has 2 fully saturated rings. The molecular formula is C24H42F3N5O6. The topological polar surface area (TPSA) is 174 Å². The van der Waals surface area contributed by atoms with Crippen molar-refractivity contribution in [3.63, 3.8) is 0 Å². The van der Waals surface area contributed by atoms with Crippen molar-refractivity contribution in [2.24, 2.45) is 11.7 Å². The van der Waals surface area contributed by atoms with Crippen molar-refractivity contribution in [1.82, 2.24) is 20.9 Å². The predicted molar refractivity (Wildman–Crippen MR) is 133 cm³/mol. The van der Waals surface area contributed by atoms with Gasteiger partial charge in [0.2, 0.25) is 5.91 Å². The third kappa shape index (κ3) is 13.8. The van der Waals surface area contributed by atoms with Crippen LogP contribution in [0.2, 0.25) is 0 Å². The molecule has 0 unspecified atom stereocenters. The summed E-state index contributed by atoms with van der Waals surface area (Å²) in [6.45, 7) is 2.36. The molecule has 1 aliphatic carbocycles. The summed E-state index contributed by atoms with van der Waals surface area (Å²) in [6, 6.07) is -2.12. The maximum Gasteiger partial charge on any atom is 0.490 e. The van der Waals surface area contributed by atoms with Gasteiger partial charge >= 0.3 is 24.1 Å². The molecule has 2 atom stereocenters. The molecule has 0 aromatic carbocycles. The highest BCUT2D eigenvalue weighted by atomic mass is 19.4. The third-order valence-electron chi connectivity index (χ3n) is 6.77. The van der Waals surface area contributed by atoms with E-state index in [4.69, 9.17) is 15.6 Å². The van der Waals surface area contributed by atoms with Gasteiger partial charge in [0.15, 0.2) is 0 Å². The van der Waals surface area contributed by atoms with Crippen LogP contribution in [0, 0.1) is 5.92 Å². The van der Waals surface area contributed by atoms with Crippen LogP contribution in [-0.2, 0) is 14.4 Å². The van der Waals surface area contributed by atoms with Gasteiger partial charge in [0.25, 0.3) is 0 Å². The van der Waals surface area contributed by atoms with Crippen molar-refractivity contribution >= 4 is 23.9 Å². The third-order valence-corrected chi connectivity index (χ3v) is 6.77. The highest BCUT2D eigenvalue weighted by molar-refractivity contribution is 5.89. The molecular weight excluding hydrogens is 511 g/mol. The molecule has 1 heterocycles. The van der Waals surface area contributed by atoms with E-state index in [-0.39, 0.29) is 11.9 Å². The highest BCUT2D eigenvalue weighted by Crippen LogP contribution is 2.27. The summed E-state index contributed by atoms with van der Waals surface area (Å²) in [5.41, 5.74) is 5.47. The minimum atomic E-state index is -5.08. The van der Waals surface area contributed by atoms with Crippen LogP contribution in [0.5, 0.6) is 0 Å². The Morgan fingerprint density at radius 2 is 1.50 bits per heavy atom. The molecule has 1 saturated carbocycles. The molecule has 2 rings (SSSR count). The first-order valence-corrected chi connectivity index (χ1v) is 13.1. The summed E-state index contributed by atoms with van der Waals surface area (Å²) >= 11 is 0. The predicted octanol–water partition coefficient (Wildman–Crippen LogP) is 2.05. The standard InChI is InChI=1S/C22H41N5O4.C2HF3O2/c1-27-13-10-17(11-14-27)24-20(28)19(15-16-7-3-2-4-8-16)26-22(31)25-18(21(29)30)9-5-6-12-23;3-2(4,5)1(6)7/h16-19H,2-15,23H2,1H3,(H,24,28)(H,29,30)(H2,25,26,31);(H,6,7)/t18-,19+;/m0./s1. The number of carboxylic acid groups (broad SMARTS) is 2. The number of carboxylic acids is 2. The van der Waals surface area contributed by atoms with Gasteiger partial charge in [-0.25, -0.2) is 14.4 Å². The second kappa shape index (κ2) is 17.1. The van der Waals surface area contributed by atoms with E-state index >= 15 is 0 Å². The zero-order chi connectivity index (χ0) is 28.7. The molecule has 0 radical (unpaired) electrons. The molecule has 0 aromatic heterocycles. The lowest BCUT2D eigenvalue weighted by molar-refractivity contribution is -0.192. The Morgan fingerprint density at radius 1 is 0.947 bits per heavy atom. The molecule has 11 nitrogen and oxygen atoms in total. The van der Waals surface area contributed by atoms with Crippen LogP contribution in [0.3, 0.4) is 0 Å². The lowest BCUT2D eigenvalue weighted by atomic mass is 9.84. The Bertz CT molecular complexity index is 756. The second-order valence-corrected chi connectivity index (χ2v) is 9.97. The number of likely N-dealkylation sites (tertiary alicyclic amines) is 1. The van der Waals surface area contributed by atoms with Crippen LogP contribution in [0.1, 0.15) is 70.6 Å². The van der Waals surface area contributed by atoms with E-state index in [0.717, 1.165) is 51.6 Å². The molecule has 1 aliphatic heterocycles. The first-order valence-electron chi connectivity index (χ1n) is 13.1. The number of aliphatic carboxylic acids is 2. The molecule has 14 heteroatoms. The average Bonchev–Trinajstić information content (AvgIpc) is 2.85. The Kier molecular flexibility index (Phi) is 15.0. The number of rotatable bonds is 11. The normalized spacial score (nSPS) is 18.9. The van der Waals surface area contributed by atoms with Gasteiger partial charge in [-0.2, -0.15) is 13.2 Å². The number of nitrogens with one attached hydrogen (secondary N) is 3. The second-order valence-electron chi connectivity index (χ2n) is 9.97. The fourth-order valence-corrected chi connectivity index (χ4v) is 4.55. The summed E-state index contributed by atoms with van der Waals surface area (Å²) in [6.07, 6.45) is 4.61. The van der Waals surface area contributed by atoms with E-state index in [2.05, 4.69) is 27.9 Å². The fraction of sp³-hybridized carbons (Fsp3) is 0.833. The molecule has 3 amide bonds. The number of alkyl halides is 3. The molecule has 7 N–H and O–H groups in total. The van der Waals surface area contributed by atoms with Gasteiger partial charge in [-0.1, -0.05) is 32.1 Å². The summed E-state index contributed by atoms with van der Waals surface area (Å²) < 4.78 is 31.7. The Labute approximate surface area is 221 Å².